The molecular formula is C18H31NO2. The minimum absolute atomic E-state index is 0.231. The molecule has 1 N–H and O–H groups in total. The van der Waals surface area contributed by atoms with E-state index in [0.717, 1.165) is 44.7 Å². The summed E-state index contributed by atoms with van der Waals surface area (Å²) in [6.07, 6.45) is 3.26. The fraction of sp³-hybridized carbons (Fsp3) is 0.667. The van der Waals surface area contributed by atoms with E-state index in [9.17, 15) is 5.11 Å². The number of hydrogen-bond donors (Lipinski definition) is 1. The topological polar surface area (TPSA) is 32.7 Å². The maximum atomic E-state index is 9.21. The van der Waals surface area contributed by atoms with E-state index >= 15 is 0 Å². The summed E-state index contributed by atoms with van der Waals surface area (Å²) in [5, 5.41) is 9.21. The number of nitrogens with zero attached hydrogens (tertiary/aromatic N) is 1. The van der Waals surface area contributed by atoms with E-state index in [1.54, 1.807) is 0 Å². The van der Waals surface area contributed by atoms with Crippen LogP contribution in [0.3, 0.4) is 0 Å². The van der Waals surface area contributed by atoms with E-state index in [1.807, 2.05) is 0 Å². The molecule has 1 aromatic rings. The molecule has 0 saturated heterocycles. The number of ether oxygens (including phenoxy) is 1. The normalized spacial score (nSPS) is 11.4. The second kappa shape index (κ2) is 9.80. The van der Waals surface area contributed by atoms with Crippen LogP contribution >= 0.6 is 0 Å². The molecule has 0 bridgehead atoms. The summed E-state index contributed by atoms with van der Waals surface area (Å²) in [5.41, 5.74) is 2.42. The van der Waals surface area contributed by atoms with Crippen LogP contribution in [-0.2, 0) is 0 Å². The van der Waals surface area contributed by atoms with Crippen molar-refractivity contribution in [1.29, 1.82) is 0 Å². The molecule has 0 fully saturated rings. The van der Waals surface area contributed by atoms with Gasteiger partial charge in [0.2, 0.25) is 0 Å². The molecule has 0 aromatic heterocycles. The molecule has 0 atom stereocenters. The summed E-state index contributed by atoms with van der Waals surface area (Å²) in [6, 6.07) is 6.88. The number of aliphatic hydroxyl groups is 1. The van der Waals surface area contributed by atoms with Gasteiger partial charge < -0.3 is 9.84 Å². The first-order valence-corrected chi connectivity index (χ1v) is 8.17. The highest BCUT2D eigenvalue weighted by Crippen LogP contribution is 2.19. The molecule has 0 aliphatic heterocycles. The fourth-order valence-electron chi connectivity index (χ4n) is 2.72. The molecule has 0 radical (unpaired) electrons. The van der Waals surface area contributed by atoms with Crippen molar-refractivity contribution >= 4 is 0 Å². The average molecular weight is 293 g/mol. The molecule has 0 heterocycles. The molecule has 0 aliphatic carbocycles. The van der Waals surface area contributed by atoms with Gasteiger partial charge in [0.1, 0.15) is 5.75 Å². The first-order chi connectivity index (χ1) is 10.1. The Balaban J connectivity index is 2.41. The second-order valence-electron chi connectivity index (χ2n) is 5.70. The van der Waals surface area contributed by atoms with Gasteiger partial charge in [0.25, 0.3) is 0 Å². The quantitative estimate of drug-likeness (QED) is 0.670. The molecule has 3 nitrogen and oxygen atoms in total. The van der Waals surface area contributed by atoms with Crippen LogP contribution in [0.25, 0.3) is 0 Å². The van der Waals surface area contributed by atoms with Crippen LogP contribution in [0.1, 0.15) is 44.2 Å². The molecule has 120 valence electrons. The Labute approximate surface area is 129 Å². The van der Waals surface area contributed by atoms with E-state index in [-0.39, 0.29) is 6.61 Å². The molecule has 3 heteroatoms. The third-order valence-electron chi connectivity index (χ3n) is 4.04. The van der Waals surface area contributed by atoms with Crippen molar-refractivity contribution in [3.05, 3.63) is 29.3 Å². The van der Waals surface area contributed by atoms with Gasteiger partial charge >= 0.3 is 0 Å². The number of aryl methyl sites for hydroxylation is 2. The van der Waals surface area contributed by atoms with E-state index in [4.69, 9.17) is 4.74 Å². The van der Waals surface area contributed by atoms with Crippen LogP contribution in [0.2, 0.25) is 0 Å². The Morgan fingerprint density at radius 2 is 1.86 bits per heavy atom. The van der Waals surface area contributed by atoms with Crippen LogP contribution < -0.4 is 4.74 Å². The SMILES string of the molecule is CCC(CC)N(CCO)CCCOc1cc(C)ccc1C. The van der Waals surface area contributed by atoms with Crippen molar-refractivity contribution in [1.82, 2.24) is 4.90 Å². The number of aliphatic hydroxyl groups excluding tert-OH is 1. The van der Waals surface area contributed by atoms with Crippen molar-refractivity contribution in [2.24, 2.45) is 0 Å². The molecule has 0 aliphatic rings. The Hall–Kier alpha value is -1.06. The highest BCUT2D eigenvalue weighted by Gasteiger charge is 2.13. The average Bonchev–Trinajstić information content (AvgIpc) is 2.48. The van der Waals surface area contributed by atoms with E-state index < -0.39 is 0 Å². The lowest BCUT2D eigenvalue weighted by Crippen LogP contribution is -2.37. The van der Waals surface area contributed by atoms with Crippen molar-refractivity contribution in [3.8, 4) is 5.75 Å². The highest BCUT2D eigenvalue weighted by atomic mass is 16.5. The maximum absolute atomic E-state index is 9.21. The number of rotatable bonds is 10. The van der Waals surface area contributed by atoms with Gasteiger partial charge in [0.05, 0.1) is 13.2 Å². The minimum atomic E-state index is 0.231. The summed E-state index contributed by atoms with van der Waals surface area (Å²) in [6.45, 7) is 11.3. The van der Waals surface area contributed by atoms with Gasteiger partial charge in [-0.15, -0.1) is 0 Å². The van der Waals surface area contributed by atoms with Crippen LogP contribution in [0, 0.1) is 13.8 Å². The van der Waals surface area contributed by atoms with Gasteiger partial charge in [0, 0.05) is 19.1 Å². The zero-order valence-electron chi connectivity index (χ0n) is 14.1. The zero-order chi connectivity index (χ0) is 15.7. The Morgan fingerprint density at radius 1 is 1.14 bits per heavy atom. The third-order valence-corrected chi connectivity index (χ3v) is 4.04. The number of benzene rings is 1. The molecular weight excluding hydrogens is 262 g/mol. The van der Waals surface area contributed by atoms with Gasteiger partial charge in [-0.3, -0.25) is 4.90 Å². The molecule has 0 unspecified atom stereocenters. The summed E-state index contributed by atoms with van der Waals surface area (Å²) in [7, 11) is 0. The lowest BCUT2D eigenvalue weighted by molar-refractivity contribution is 0.134. The fourth-order valence-corrected chi connectivity index (χ4v) is 2.72. The van der Waals surface area contributed by atoms with E-state index in [1.165, 1.54) is 11.1 Å². The van der Waals surface area contributed by atoms with E-state index in [2.05, 4.69) is 50.8 Å². The van der Waals surface area contributed by atoms with Crippen LogP contribution in [0.4, 0.5) is 0 Å². The summed E-state index contributed by atoms with van der Waals surface area (Å²) >= 11 is 0. The third kappa shape index (κ3) is 6.06. The summed E-state index contributed by atoms with van der Waals surface area (Å²) in [4.78, 5) is 2.38. The lowest BCUT2D eigenvalue weighted by atomic mass is 10.1. The van der Waals surface area contributed by atoms with Gasteiger partial charge in [-0.1, -0.05) is 26.0 Å². The van der Waals surface area contributed by atoms with Gasteiger partial charge in [-0.05, 0) is 50.3 Å². The molecule has 0 amide bonds. The van der Waals surface area contributed by atoms with E-state index in [0.29, 0.717) is 6.04 Å². The van der Waals surface area contributed by atoms with Gasteiger partial charge in [-0.25, -0.2) is 0 Å². The zero-order valence-corrected chi connectivity index (χ0v) is 14.1. The monoisotopic (exact) mass is 293 g/mol. The minimum Gasteiger partial charge on any atom is -0.493 e. The summed E-state index contributed by atoms with van der Waals surface area (Å²) in [5.74, 6) is 0.992. The molecule has 0 saturated carbocycles. The van der Waals surface area contributed by atoms with Crippen LogP contribution in [0.15, 0.2) is 18.2 Å². The lowest BCUT2D eigenvalue weighted by Gasteiger charge is -2.29. The second-order valence-corrected chi connectivity index (χ2v) is 5.70. The van der Waals surface area contributed by atoms with Crippen molar-refractivity contribution in [3.63, 3.8) is 0 Å². The smallest absolute Gasteiger partial charge is 0.122 e. The highest BCUT2D eigenvalue weighted by molar-refractivity contribution is 5.35. The Morgan fingerprint density at radius 3 is 2.48 bits per heavy atom. The van der Waals surface area contributed by atoms with Crippen LogP contribution in [0.5, 0.6) is 5.75 Å². The largest absolute Gasteiger partial charge is 0.493 e. The van der Waals surface area contributed by atoms with Crippen molar-refractivity contribution < 1.29 is 9.84 Å². The predicted octanol–water partition coefficient (Wildman–Crippen LogP) is 3.56. The van der Waals surface area contributed by atoms with Crippen LogP contribution in [-0.4, -0.2) is 42.4 Å². The molecule has 21 heavy (non-hydrogen) atoms. The maximum Gasteiger partial charge on any atom is 0.122 e. The standard InChI is InChI=1S/C18H31NO2/c1-5-17(6-2)19(11-12-20)10-7-13-21-18-14-15(3)8-9-16(18)4/h8-9,14,17,20H,5-7,10-13H2,1-4H3. The predicted molar refractivity (Wildman–Crippen MR) is 89.1 cm³/mol. The molecule has 1 aromatic carbocycles. The first kappa shape index (κ1) is 18.0. The van der Waals surface area contributed by atoms with Crippen molar-refractivity contribution in [2.75, 3.05) is 26.3 Å². The first-order valence-electron chi connectivity index (χ1n) is 8.17. The molecule has 1 rings (SSSR count). The Kier molecular flexibility index (Phi) is 8.40. The summed E-state index contributed by atoms with van der Waals surface area (Å²) < 4.78 is 5.90. The van der Waals surface area contributed by atoms with Gasteiger partial charge in [0.15, 0.2) is 0 Å². The van der Waals surface area contributed by atoms with Gasteiger partial charge in [-0.2, -0.15) is 0 Å². The molecule has 0 spiro atoms. The number of hydrogen-bond acceptors (Lipinski definition) is 3. The van der Waals surface area contributed by atoms with Crippen molar-refractivity contribution in [2.45, 2.75) is 53.0 Å². The Bertz CT molecular complexity index is 402.